The lowest BCUT2D eigenvalue weighted by Gasteiger charge is -2.17. The Morgan fingerprint density at radius 3 is 2.23 bits per heavy atom. The molecule has 0 aliphatic carbocycles. The van der Waals surface area contributed by atoms with Crippen molar-refractivity contribution in [1.82, 2.24) is 0 Å². The minimum Gasteiger partial charge on any atom is -0.508 e. The molecule has 0 radical (unpaired) electrons. The fourth-order valence-electron chi connectivity index (χ4n) is 3.60. The van der Waals surface area contributed by atoms with Gasteiger partial charge in [0.2, 0.25) is 5.43 Å². The van der Waals surface area contributed by atoms with Gasteiger partial charge in [0.25, 0.3) is 0 Å². The Hall–Kier alpha value is -3.47. The predicted molar refractivity (Wildman–Crippen MR) is 124 cm³/mol. The van der Waals surface area contributed by atoms with E-state index >= 15 is 0 Å². The zero-order chi connectivity index (χ0) is 22.9. The van der Waals surface area contributed by atoms with Gasteiger partial charge in [-0.15, -0.1) is 0 Å². The van der Waals surface area contributed by atoms with E-state index < -0.39 is 5.43 Å². The van der Waals surface area contributed by atoms with Crippen LogP contribution >= 0.6 is 0 Å². The molecule has 0 unspecified atom stereocenters. The first-order chi connectivity index (χ1) is 14.6. The SMILES string of the molecule is CC(C)=CCc1cc(-c2coc3cc(O)cc(O)c3c2=O)c(CC=C(C)C)c(C)c1O. The van der Waals surface area contributed by atoms with Crippen LogP contribution in [0.1, 0.15) is 44.4 Å². The van der Waals surface area contributed by atoms with Crippen LogP contribution in [-0.4, -0.2) is 15.3 Å². The standard InChI is InChI=1S/C26H28O5/c1-14(2)6-8-17-10-20(19(9-7-15(3)4)16(5)25(17)29)21-13-31-23-12-18(27)11-22(28)24(23)26(21)30/h6-7,10-13,27-29H,8-9H2,1-5H3. The Morgan fingerprint density at radius 2 is 1.58 bits per heavy atom. The van der Waals surface area contributed by atoms with E-state index in [0.717, 1.165) is 22.8 Å². The minimum absolute atomic E-state index is 0.0139. The highest BCUT2D eigenvalue weighted by Gasteiger charge is 2.20. The first-order valence-electron chi connectivity index (χ1n) is 10.2. The molecule has 3 aromatic rings. The Kier molecular flexibility index (Phi) is 6.25. The van der Waals surface area contributed by atoms with Crippen LogP contribution in [0, 0.1) is 6.92 Å². The maximum Gasteiger partial charge on any atom is 0.204 e. The Balaban J connectivity index is 2.34. The number of fused-ring (bicyclic) bond motifs is 1. The highest BCUT2D eigenvalue weighted by molar-refractivity contribution is 5.88. The third-order valence-corrected chi connectivity index (χ3v) is 5.33. The van der Waals surface area contributed by atoms with Gasteiger partial charge in [0.1, 0.15) is 34.5 Å². The van der Waals surface area contributed by atoms with E-state index in [1.807, 2.05) is 52.8 Å². The van der Waals surface area contributed by atoms with Gasteiger partial charge in [0, 0.05) is 12.1 Å². The molecule has 5 heteroatoms. The summed E-state index contributed by atoms with van der Waals surface area (Å²) in [7, 11) is 0. The second kappa shape index (κ2) is 8.72. The van der Waals surface area contributed by atoms with Crippen LogP contribution in [0.25, 0.3) is 22.1 Å². The lowest BCUT2D eigenvalue weighted by Crippen LogP contribution is -2.08. The van der Waals surface area contributed by atoms with Gasteiger partial charge in [-0.05, 0) is 75.8 Å². The van der Waals surface area contributed by atoms with Crippen molar-refractivity contribution in [1.29, 1.82) is 0 Å². The molecular formula is C26H28O5. The van der Waals surface area contributed by atoms with E-state index in [4.69, 9.17) is 4.42 Å². The molecule has 3 N–H and O–H groups in total. The first kappa shape index (κ1) is 22.2. The molecule has 5 nitrogen and oxygen atoms in total. The fourth-order valence-corrected chi connectivity index (χ4v) is 3.60. The van der Waals surface area contributed by atoms with Gasteiger partial charge in [-0.1, -0.05) is 23.3 Å². The fraction of sp³-hybridized carbons (Fsp3) is 0.269. The summed E-state index contributed by atoms with van der Waals surface area (Å²) in [6.45, 7) is 9.81. The summed E-state index contributed by atoms with van der Waals surface area (Å²) in [4.78, 5) is 13.3. The number of rotatable bonds is 5. The summed E-state index contributed by atoms with van der Waals surface area (Å²) < 4.78 is 5.62. The molecular weight excluding hydrogens is 392 g/mol. The van der Waals surface area contributed by atoms with Crippen molar-refractivity contribution in [2.24, 2.45) is 0 Å². The average Bonchev–Trinajstić information content (AvgIpc) is 2.67. The average molecular weight is 421 g/mol. The topological polar surface area (TPSA) is 90.9 Å². The molecule has 0 saturated carbocycles. The number of allylic oxidation sites excluding steroid dienone is 4. The first-order valence-corrected chi connectivity index (χ1v) is 10.2. The molecule has 0 fully saturated rings. The van der Waals surface area contributed by atoms with Crippen molar-refractivity contribution in [3.8, 4) is 28.4 Å². The summed E-state index contributed by atoms with van der Waals surface area (Å²) in [6, 6.07) is 4.24. The number of phenolic OH excluding ortho intramolecular Hbond substituents is 3. The molecule has 0 atom stereocenters. The molecule has 0 spiro atoms. The van der Waals surface area contributed by atoms with E-state index in [0.29, 0.717) is 35.1 Å². The predicted octanol–water partition coefficient (Wildman–Crippen LogP) is 5.90. The van der Waals surface area contributed by atoms with Crippen LogP contribution in [0.15, 0.2) is 57.0 Å². The molecule has 1 heterocycles. The van der Waals surface area contributed by atoms with E-state index in [-0.39, 0.29) is 28.2 Å². The van der Waals surface area contributed by atoms with Crippen molar-refractivity contribution in [2.75, 3.05) is 0 Å². The molecule has 0 saturated heterocycles. The smallest absolute Gasteiger partial charge is 0.204 e. The molecule has 0 bridgehead atoms. The van der Waals surface area contributed by atoms with Gasteiger partial charge in [0.15, 0.2) is 0 Å². The Labute approximate surface area is 181 Å². The summed E-state index contributed by atoms with van der Waals surface area (Å²) >= 11 is 0. The summed E-state index contributed by atoms with van der Waals surface area (Å²) in [6.07, 6.45) is 6.48. The van der Waals surface area contributed by atoms with Crippen molar-refractivity contribution < 1.29 is 19.7 Å². The van der Waals surface area contributed by atoms with Crippen LogP contribution in [0.2, 0.25) is 0 Å². The molecule has 0 amide bonds. The normalized spacial score (nSPS) is 10.9. The van der Waals surface area contributed by atoms with Crippen molar-refractivity contribution in [3.05, 3.63) is 74.7 Å². The van der Waals surface area contributed by atoms with Crippen LogP contribution < -0.4 is 5.43 Å². The number of hydrogen-bond acceptors (Lipinski definition) is 5. The zero-order valence-electron chi connectivity index (χ0n) is 18.5. The van der Waals surface area contributed by atoms with Crippen LogP contribution in [0.3, 0.4) is 0 Å². The second-order valence-electron chi connectivity index (χ2n) is 8.32. The largest absolute Gasteiger partial charge is 0.508 e. The van der Waals surface area contributed by atoms with Gasteiger partial charge in [-0.3, -0.25) is 4.79 Å². The van der Waals surface area contributed by atoms with Gasteiger partial charge in [0.05, 0.1) is 5.56 Å². The van der Waals surface area contributed by atoms with Crippen molar-refractivity contribution in [3.63, 3.8) is 0 Å². The molecule has 3 rings (SSSR count). The number of benzene rings is 2. The monoisotopic (exact) mass is 420 g/mol. The highest BCUT2D eigenvalue weighted by atomic mass is 16.3. The van der Waals surface area contributed by atoms with Gasteiger partial charge >= 0.3 is 0 Å². The zero-order valence-corrected chi connectivity index (χ0v) is 18.5. The van der Waals surface area contributed by atoms with Gasteiger partial charge in [-0.25, -0.2) is 0 Å². The van der Waals surface area contributed by atoms with Gasteiger partial charge in [-0.2, -0.15) is 0 Å². The molecule has 2 aromatic carbocycles. The van der Waals surface area contributed by atoms with Crippen molar-refractivity contribution >= 4 is 11.0 Å². The number of phenols is 3. The van der Waals surface area contributed by atoms with E-state index in [2.05, 4.69) is 0 Å². The maximum absolute atomic E-state index is 13.3. The lowest BCUT2D eigenvalue weighted by atomic mass is 9.89. The number of aromatic hydroxyl groups is 3. The third kappa shape index (κ3) is 4.50. The second-order valence-corrected chi connectivity index (χ2v) is 8.32. The van der Waals surface area contributed by atoms with E-state index in [1.54, 1.807) is 0 Å². The number of hydrogen-bond donors (Lipinski definition) is 3. The Bertz CT molecular complexity index is 1270. The van der Waals surface area contributed by atoms with E-state index in [9.17, 15) is 20.1 Å². The van der Waals surface area contributed by atoms with Crippen LogP contribution in [0.5, 0.6) is 17.2 Å². The highest BCUT2D eigenvalue weighted by Crippen LogP contribution is 2.36. The Morgan fingerprint density at radius 1 is 0.935 bits per heavy atom. The molecule has 0 aliphatic rings. The van der Waals surface area contributed by atoms with Crippen molar-refractivity contribution in [2.45, 2.75) is 47.5 Å². The minimum atomic E-state index is -0.393. The van der Waals surface area contributed by atoms with Crippen LogP contribution in [-0.2, 0) is 12.8 Å². The molecule has 162 valence electrons. The molecule has 31 heavy (non-hydrogen) atoms. The lowest BCUT2D eigenvalue weighted by molar-refractivity contribution is 0.452. The van der Waals surface area contributed by atoms with Gasteiger partial charge < -0.3 is 19.7 Å². The summed E-state index contributed by atoms with van der Waals surface area (Å²) in [5.41, 5.74) is 5.17. The molecule has 0 aliphatic heterocycles. The van der Waals surface area contributed by atoms with Crippen LogP contribution in [0.4, 0.5) is 0 Å². The third-order valence-electron chi connectivity index (χ3n) is 5.33. The summed E-state index contributed by atoms with van der Waals surface area (Å²) in [5.74, 6) is -0.303. The quantitative estimate of drug-likeness (QED) is 0.447. The summed E-state index contributed by atoms with van der Waals surface area (Å²) in [5, 5.41) is 30.8. The van der Waals surface area contributed by atoms with E-state index in [1.165, 1.54) is 12.3 Å². The maximum atomic E-state index is 13.3. The molecule has 1 aromatic heterocycles.